The number of aryl methyl sites for hydroxylation is 1. The number of esters is 1. The second kappa shape index (κ2) is 9.05. The van der Waals surface area contributed by atoms with Crippen LogP contribution in [-0.2, 0) is 16.1 Å². The summed E-state index contributed by atoms with van der Waals surface area (Å²) in [4.78, 5) is 25.9. The van der Waals surface area contributed by atoms with Gasteiger partial charge in [0.2, 0.25) is 5.91 Å². The number of hydrogen-bond acceptors (Lipinski definition) is 6. The molecule has 7 nitrogen and oxygen atoms in total. The van der Waals surface area contributed by atoms with E-state index in [-0.39, 0.29) is 12.5 Å². The number of ether oxygens (including phenoxy) is 2. The Morgan fingerprint density at radius 3 is 2.65 bits per heavy atom. The molecule has 2 aromatic rings. The van der Waals surface area contributed by atoms with Crippen LogP contribution >= 0.6 is 0 Å². The third-order valence-corrected chi connectivity index (χ3v) is 3.92. The maximum absolute atomic E-state index is 12.3. The molecule has 26 heavy (non-hydrogen) atoms. The molecular weight excluding hydrogens is 336 g/mol. The lowest BCUT2D eigenvalue weighted by Crippen LogP contribution is -2.32. The van der Waals surface area contributed by atoms with E-state index in [4.69, 9.17) is 13.9 Å². The van der Waals surface area contributed by atoms with E-state index < -0.39 is 5.97 Å². The van der Waals surface area contributed by atoms with Crippen LogP contribution in [0.3, 0.4) is 0 Å². The summed E-state index contributed by atoms with van der Waals surface area (Å²) >= 11 is 0. The number of anilines is 1. The average molecular weight is 360 g/mol. The fourth-order valence-electron chi connectivity index (χ4n) is 2.54. The highest BCUT2D eigenvalue weighted by molar-refractivity contribution is 5.92. The minimum atomic E-state index is -0.434. The molecule has 1 aromatic carbocycles. The summed E-state index contributed by atoms with van der Waals surface area (Å²) in [7, 11) is 2.91. The second-order valence-corrected chi connectivity index (χ2v) is 5.76. The summed E-state index contributed by atoms with van der Waals surface area (Å²) < 4.78 is 15.5. The van der Waals surface area contributed by atoms with Gasteiger partial charge in [-0.3, -0.25) is 9.69 Å². The number of likely N-dealkylation sites (N-methyl/N-ethyl adjacent to an activating group) is 1. The highest BCUT2D eigenvalue weighted by atomic mass is 16.5. The Morgan fingerprint density at radius 2 is 2.00 bits per heavy atom. The van der Waals surface area contributed by atoms with E-state index in [1.54, 1.807) is 32.2 Å². The van der Waals surface area contributed by atoms with Gasteiger partial charge in [0.1, 0.15) is 22.8 Å². The summed E-state index contributed by atoms with van der Waals surface area (Å²) in [6.45, 7) is 4.93. The van der Waals surface area contributed by atoms with E-state index in [0.717, 1.165) is 0 Å². The first-order chi connectivity index (χ1) is 12.5. The largest absolute Gasteiger partial charge is 0.497 e. The molecule has 1 heterocycles. The van der Waals surface area contributed by atoms with Crippen LogP contribution in [0.5, 0.6) is 5.75 Å². The minimum Gasteiger partial charge on any atom is -0.497 e. The number of carbonyl (C=O) groups excluding carboxylic acids is 2. The first kappa shape index (κ1) is 19.5. The standard InChI is InChI=1S/C19H24N2O5/c1-5-21(11-16-10-17(13(2)26-16)19(23)25-4)12-18(22)20-14-7-6-8-15(9-14)24-3/h6-10H,5,11-12H2,1-4H3,(H,20,22). The Labute approximate surface area is 152 Å². The molecular formula is C19H24N2O5. The molecule has 0 aliphatic rings. The lowest BCUT2D eigenvalue weighted by molar-refractivity contribution is -0.117. The molecule has 0 spiro atoms. The van der Waals surface area contributed by atoms with E-state index >= 15 is 0 Å². The third kappa shape index (κ3) is 5.10. The number of hydrogen-bond donors (Lipinski definition) is 1. The molecule has 0 saturated heterocycles. The fourth-order valence-corrected chi connectivity index (χ4v) is 2.54. The fraction of sp³-hybridized carbons (Fsp3) is 0.368. The number of methoxy groups -OCH3 is 2. The maximum Gasteiger partial charge on any atom is 0.341 e. The van der Waals surface area contributed by atoms with Gasteiger partial charge in [-0.15, -0.1) is 0 Å². The maximum atomic E-state index is 12.3. The number of carbonyl (C=O) groups is 2. The predicted octanol–water partition coefficient (Wildman–Crippen LogP) is 2.84. The average Bonchev–Trinajstić information content (AvgIpc) is 3.00. The van der Waals surface area contributed by atoms with Gasteiger partial charge in [-0.05, 0) is 31.7 Å². The van der Waals surface area contributed by atoms with Gasteiger partial charge in [0, 0.05) is 11.8 Å². The predicted molar refractivity (Wildman–Crippen MR) is 97.4 cm³/mol. The monoisotopic (exact) mass is 360 g/mol. The first-order valence-corrected chi connectivity index (χ1v) is 8.30. The van der Waals surface area contributed by atoms with Crippen molar-refractivity contribution in [3.05, 3.63) is 47.4 Å². The quantitative estimate of drug-likeness (QED) is 0.729. The van der Waals surface area contributed by atoms with Gasteiger partial charge in [-0.1, -0.05) is 13.0 Å². The molecule has 0 bridgehead atoms. The van der Waals surface area contributed by atoms with Crippen LogP contribution < -0.4 is 10.1 Å². The van der Waals surface area contributed by atoms with Crippen molar-refractivity contribution in [2.75, 3.05) is 32.6 Å². The Hall–Kier alpha value is -2.80. The smallest absolute Gasteiger partial charge is 0.341 e. The summed E-state index contributed by atoms with van der Waals surface area (Å²) in [5.41, 5.74) is 1.08. The van der Waals surface area contributed by atoms with E-state index in [1.807, 2.05) is 24.0 Å². The zero-order valence-corrected chi connectivity index (χ0v) is 15.5. The van der Waals surface area contributed by atoms with Crippen molar-refractivity contribution in [2.45, 2.75) is 20.4 Å². The molecule has 0 aliphatic carbocycles. The van der Waals surface area contributed by atoms with Crippen LogP contribution in [0.15, 0.2) is 34.7 Å². The highest BCUT2D eigenvalue weighted by Crippen LogP contribution is 2.18. The number of benzene rings is 1. The van der Waals surface area contributed by atoms with E-state index in [0.29, 0.717) is 41.6 Å². The van der Waals surface area contributed by atoms with Crippen molar-refractivity contribution in [3.63, 3.8) is 0 Å². The second-order valence-electron chi connectivity index (χ2n) is 5.76. The summed E-state index contributed by atoms with van der Waals surface area (Å²) in [5.74, 6) is 1.21. The van der Waals surface area contributed by atoms with E-state index in [1.165, 1.54) is 7.11 Å². The molecule has 1 N–H and O–H groups in total. The van der Waals surface area contributed by atoms with Gasteiger partial charge >= 0.3 is 5.97 Å². The van der Waals surface area contributed by atoms with Crippen LogP contribution in [-0.4, -0.2) is 44.1 Å². The number of amides is 1. The molecule has 0 unspecified atom stereocenters. The Balaban J connectivity index is 1.98. The van der Waals surface area contributed by atoms with Crippen molar-refractivity contribution < 1.29 is 23.5 Å². The lowest BCUT2D eigenvalue weighted by atomic mass is 10.2. The van der Waals surface area contributed by atoms with Crippen LogP contribution in [0, 0.1) is 6.92 Å². The van der Waals surface area contributed by atoms with Crippen LogP contribution in [0.25, 0.3) is 0 Å². The summed E-state index contributed by atoms with van der Waals surface area (Å²) in [6.07, 6.45) is 0. The number of nitrogens with zero attached hydrogens (tertiary/aromatic N) is 1. The topological polar surface area (TPSA) is 81.0 Å². The van der Waals surface area contributed by atoms with Gasteiger partial charge in [0.25, 0.3) is 0 Å². The molecule has 1 aromatic heterocycles. The van der Waals surface area contributed by atoms with Gasteiger partial charge < -0.3 is 19.2 Å². The molecule has 1 amide bonds. The Kier molecular flexibility index (Phi) is 6.80. The van der Waals surface area contributed by atoms with Crippen molar-refractivity contribution in [2.24, 2.45) is 0 Å². The molecule has 0 aliphatic heterocycles. The minimum absolute atomic E-state index is 0.142. The van der Waals surface area contributed by atoms with Crippen molar-refractivity contribution in [1.82, 2.24) is 4.90 Å². The van der Waals surface area contributed by atoms with E-state index in [2.05, 4.69) is 5.32 Å². The number of rotatable bonds is 8. The van der Waals surface area contributed by atoms with Crippen LogP contribution in [0.1, 0.15) is 28.8 Å². The van der Waals surface area contributed by atoms with Crippen LogP contribution in [0.4, 0.5) is 5.69 Å². The molecule has 0 saturated carbocycles. The van der Waals surface area contributed by atoms with Crippen molar-refractivity contribution >= 4 is 17.6 Å². The van der Waals surface area contributed by atoms with Crippen LogP contribution in [0.2, 0.25) is 0 Å². The summed E-state index contributed by atoms with van der Waals surface area (Å²) in [6, 6.07) is 8.84. The van der Waals surface area contributed by atoms with Gasteiger partial charge in [0.05, 0.1) is 27.3 Å². The highest BCUT2D eigenvalue weighted by Gasteiger charge is 2.18. The lowest BCUT2D eigenvalue weighted by Gasteiger charge is -2.18. The molecule has 0 radical (unpaired) electrons. The number of furan rings is 1. The SMILES string of the molecule is CCN(CC(=O)Nc1cccc(OC)c1)Cc1cc(C(=O)OC)c(C)o1. The van der Waals surface area contributed by atoms with Gasteiger partial charge in [-0.2, -0.15) is 0 Å². The van der Waals surface area contributed by atoms with Gasteiger partial charge in [-0.25, -0.2) is 4.79 Å². The molecule has 0 fully saturated rings. The zero-order valence-electron chi connectivity index (χ0n) is 15.5. The van der Waals surface area contributed by atoms with Gasteiger partial charge in [0.15, 0.2) is 0 Å². The molecule has 2 rings (SSSR count). The molecule has 7 heteroatoms. The first-order valence-electron chi connectivity index (χ1n) is 8.30. The molecule has 140 valence electrons. The van der Waals surface area contributed by atoms with Crippen molar-refractivity contribution in [1.29, 1.82) is 0 Å². The summed E-state index contributed by atoms with van der Waals surface area (Å²) in [5, 5.41) is 2.85. The van der Waals surface area contributed by atoms with Crippen molar-refractivity contribution in [3.8, 4) is 5.75 Å². The normalized spacial score (nSPS) is 10.7. The number of nitrogens with one attached hydrogen (secondary N) is 1. The Bertz CT molecular complexity index is 769. The Morgan fingerprint density at radius 1 is 1.23 bits per heavy atom. The van der Waals surface area contributed by atoms with E-state index in [9.17, 15) is 9.59 Å². The zero-order chi connectivity index (χ0) is 19.1. The third-order valence-electron chi connectivity index (χ3n) is 3.92. The molecule has 0 atom stereocenters.